The Morgan fingerprint density at radius 3 is 2.67 bits per heavy atom. The molecule has 1 aromatic carbocycles. The molecule has 0 unspecified atom stereocenters. The summed E-state index contributed by atoms with van der Waals surface area (Å²) in [5.74, 6) is 0. The predicted octanol–water partition coefficient (Wildman–Crippen LogP) is 4.96. The summed E-state index contributed by atoms with van der Waals surface area (Å²) in [7, 11) is 2.16. The summed E-state index contributed by atoms with van der Waals surface area (Å²) in [4.78, 5) is 2.31. The van der Waals surface area contributed by atoms with E-state index in [9.17, 15) is 0 Å². The summed E-state index contributed by atoms with van der Waals surface area (Å²) in [5.41, 5.74) is 5.35. The second kappa shape index (κ2) is 7.97. The maximum Gasteiger partial charge on any atom is 0.0701 e. The number of hydrogen-bond donors (Lipinski definition) is 1. The number of nitrogens with zero attached hydrogens (tertiary/aromatic N) is 1. The minimum atomic E-state index is 0.941. The van der Waals surface area contributed by atoms with Gasteiger partial charge in [-0.05, 0) is 70.0 Å². The fourth-order valence-electron chi connectivity index (χ4n) is 2.45. The van der Waals surface area contributed by atoms with Crippen molar-refractivity contribution < 1.29 is 0 Å². The van der Waals surface area contributed by atoms with Crippen LogP contribution in [0.25, 0.3) is 0 Å². The molecule has 0 saturated heterocycles. The fourth-order valence-corrected chi connectivity index (χ4v) is 3.65. The van der Waals surface area contributed by atoms with Gasteiger partial charge < -0.3 is 10.2 Å². The molecule has 4 heteroatoms. The molecule has 0 bridgehead atoms. The second-order valence-electron chi connectivity index (χ2n) is 5.41. The summed E-state index contributed by atoms with van der Waals surface area (Å²) in [6.07, 6.45) is 1.18. The Bertz CT molecular complexity index is 580. The van der Waals surface area contributed by atoms with Crippen molar-refractivity contribution in [3.8, 4) is 0 Å². The average Bonchev–Trinajstić information content (AvgIpc) is 2.84. The van der Waals surface area contributed by atoms with Crippen molar-refractivity contribution in [3.63, 3.8) is 0 Å². The van der Waals surface area contributed by atoms with Gasteiger partial charge in [0, 0.05) is 25.8 Å². The zero-order chi connectivity index (χ0) is 15.2. The van der Waals surface area contributed by atoms with Crippen molar-refractivity contribution in [2.75, 3.05) is 18.5 Å². The highest BCUT2D eigenvalue weighted by Gasteiger charge is 2.07. The van der Waals surface area contributed by atoms with E-state index in [0.29, 0.717) is 0 Å². The van der Waals surface area contributed by atoms with E-state index in [1.54, 1.807) is 11.3 Å². The van der Waals surface area contributed by atoms with Gasteiger partial charge >= 0.3 is 0 Å². The van der Waals surface area contributed by atoms with Crippen molar-refractivity contribution >= 4 is 33.0 Å². The summed E-state index contributed by atoms with van der Waals surface area (Å²) in [6, 6.07) is 8.95. The third kappa shape index (κ3) is 4.83. The first-order chi connectivity index (χ1) is 10.1. The first-order valence-electron chi connectivity index (χ1n) is 7.34. The van der Waals surface area contributed by atoms with Crippen molar-refractivity contribution in [1.29, 1.82) is 0 Å². The molecule has 1 N–H and O–H groups in total. The topological polar surface area (TPSA) is 15.3 Å². The van der Waals surface area contributed by atoms with E-state index in [1.165, 1.54) is 32.6 Å². The molecule has 0 aliphatic heterocycles. The lowest BCUT2D eigenvalue weighted by atomic mass is 10.1. The molecule has 0 aliphatic carbocycles. The Morgan fingerprint density at radius 2 is 2.05 bits per heavy atom. The Labute approximate surface area is 140 Å². The van der Waals surface area contributed by atoms with Gasteiger partial charge in [-0.15, -0.1) is 11.3 Å². The number of nitrogens with one attached hydrogen (secondary N) is 1. The van der Waals surface area contributed by atoms with Gasteiger partial charge in [-0.25, -0.2) is 0 Å². The lowest BCUT2D eigenvalue weighted by molar-refractivity contribution is 0.675. The fraction of sp³-hybridized carbons (Fsp3) is 0.412. The molecule has 21 heavy (non-hydrogen) atoms. The molecular weight excluding hydrogens is 344 g/mol. The van der Waals surface area contributed by atoms with Gasteiger partial charge in [0.25, 0.3) is 0 Å². The third-order valence-corrected chi connectivity index (χ3v) is 5.02. The van der Waals surface area contributed by atoms with E-state index in [1.807, 2.05) is 0 Å². The summed E-state index contributed by atoms with van der Waals surface area (Å²) < 4.78 is 1.19. The number of aryl methyl sites for hydroxylation is 1. The lowest BCUT2D eigenvalue weighted by Gasteiger charge is -2.21. The second-order valence-corrected chi connectivity index (χ2v) is 7.70. The normalized spacial score (nSPS) is 10.9. The molecule has 0 radical (unpaired) electrons. The minimum absolute atomic E-state index is 0.941. The highest BCUT2D eigenvalue weighted by Crippen LogP contribution is 2.25. The number of halogens is 1. The van der Waals surface area contributed by atoms with Gasteiger partial charge in [0.2, 0.25) is 0 Å². The van der Waals surface area contributed by atoms with Gasteiger partial charge in [-0.2, -0.15) is 0 Å². The van der Waals surface area contributed by atoms with Gasteiger partial charge in [0.05, 0.1) is 3.79 Å². The van der Waals surface area contributed by atoms with E-state index in [0.717, 1.165) is 19.6 Å². The Hall–Kier alpha value is -0.840. The summed E-state index contributed by atoms with van der Waals surface area (Å²) >= 11 is 5.27. The largest absolute Gasteiger partial charge is 0.370 e. The first-order valence-corrected chi connectivity index (χ1v) is 9.01. The van der Waals surface area contributed by atoms with E-state index in [2.05, 4.69) is 76.7 Å². The smallest absolute Gasteiger partial charge is 0.0701 e. The summed E-state index contributed by atoms with van der Waals surface area (Å²) in [6.45, 7) is 7.36. The molecule has 2 nitrogen and oxygen atoms in total. The molecule has 0 aliphatic rings. The van der Waals surface area contributed by atoms with E-state index in [4.69, 9.17) is 0 Å². The summed E-state index contributed by atoms with van der Waals surface area (Å²) in [5, 5.41) is 5.66. The Morgan fingerprint density at radius 1 is 1.24 bits per heavy atom. The molecule has 0 spiro atoms. The zero-order valence-corrected chi connectivity index (χ0v) is 15.4. The maximum atomic E-state index is 3.53. The van der Waals surface area contributed by atoms with Gasteiger partial charge in [0.15, 0.2) is 0 Å². The predicted molar refractivity (Wildman–Crippen MR) is 97.3 cm³/mol. The van der Waals surface area contributed by atoms with Crippen LogP contribution in [-0.4, -0.2) is 13.6 Å². The highest BCUT2D eigenvalue weighted by molar-refractivity contribution is 9.11. The lowest BCUT2D eigenvalue weighted by Crippen LogP contribution is -2.18. The third-order valence-electron chi connectivity index (χ3n) is 3.47. The van der Waals surface area contributed by atoms with Crippen LogP contribution in [-0.2, 0) is 13.1 Å². The molecule has 2 rings (SSSR count). The van der Waals surface area contributed by atoms with Crippen molar-refractivity contribution in [1.82, 2.24) is 5.32 Å². The molecule has 0 fully saturated rings. The molecule has 1 heterocycles. The minimum Gasteiger partial charge on any atom is -0.370 e. The van der Waals surface area contributed by atoms with Crippen LogP contribution >= 0.6 is 27.3 Å². The van der Waals surface area contributed by atoms with E-state index < -0.39 is 0 Å². The quantitative estimate of drug-likeness (QED) is 0.696. The molecular formula is C17H23BrN2S. The monoisotopic (exact) mass is 366 g/mol. The van der Waals surface area contributed by atoms with E-state index in [-0.39, 0.29) is 0 Å². The molecule has 0 saturated carbocycles. The van der Waals surface area contributed by atoms with Gasteiger partial charge in [0.1, 0.15) is 0 Å². The molecule has 1 aromatic heterocycles. The number of thiophene rings is 1. The van der Waals surface area contributed by atoms with Crippen LogP contribution in [0.1, 0.15) is 30.0 Å². The number of benzene rings is 1. The van der Waals surface area contributed by atoms with Crippen LogP contribution in [0.2, 0.25) is 0 Å². The van der Waals surface area contributed by atoms with Crippen molar-refractivity contribution in [3.05, 3.63) is 50.1 Å². The van der Waals surface area contributed by atoms with Crippen LogP contribution in [0.3, 0.4) is 0 Å². The van der Waals surface area contributed by atoms with Crippen LogP contribution in [0.4, 0.5) is 5.69 Å². The molecule has 0 amide bonds. The van der Waals surface area contributed by atoms with Gasteiger partial charge in [-0.1, -0.05) is 19.1 Å². The SMILES string of the molecule is CCCNCc1ccc(N(C)Cc2csc(Br)c2)c(C)c1. The number of rotatable bonds is 7. The molecule has 0 atom stereocenters. The number of anilines is 1. The standard InChI is InChI=1S/C17H23BrN2S/c1-4-7-19-10-14-5-6-16(13(2)8-14)20(3)11-15-9-17(18)21-12-15/h5-6,8-9,12,19H,4,7,10-11H2,1-3H3. The Kier molecular flexibility index (Phi) is 6.27. The van der Waals surface area contributed by atoms with Crippen LogP contribution in [0, 0.1) is 6.92 Å². The van der Waals surface area contributed by atoms with Crippen LogP contribution < -0.4 is 10.2 Å². The van der Waals surface area contributed by atoms with Crippen LogP contribution in [0.5, 0.6) is 0 Å². The number of hydrogen-bond acceptors (Lipinski definition) is 3. The van der Waals surface area contributed by atoms with Crippen molar-refractivity contribution in [2.24, 2.45) is 0 Å². The average molecular weight is 367 g/mol. The highest BCUT2D eigenvalue weighted by atomic mass is 79.9. The maximum absolute atomic E-state index is 3.53. The Balaban J connectivity index is 2.02. The van der Waals surface area contributed by atoms with E-state index >= 15 is 0 Å². The van der Waals surface area contributed by atoms with Gasteiger partial charge in [-0.3, -0.25) is 0 Å². The van der Waals surface area contributed by atoms with Crippen LogP contribution in [0.15, 0.2) is 33.4 Å². The first kappa shape index (κ1) is 16.5. The zero-order valence-electron chi connectivity index (χ0n) is 12.9. The molecule has 2 aromatic rings. The van der Waals surface area contributed by atoms with Crippen molar-refractivity contribution in [2.45, 2.75) is 33.4 Å². The molecule has 114 valence electrons.